The maximum atomic E-state index is 12.3. The average Bonchev–Trinajstić information content (AvgIpc) is 3.12. The van der Waals surface area contributed by atoms with Crippen molar-refractivity contribution in [2.24, 2.45) is 5.92 Å². The van der Waals surface area contributed by atoms with E-state index in [-0.39, 0.29) is 5.91 Å². The molecule has 0 aliphatic carbocycles. The third-order valence-corrected chi connectivity index (χ3v) is 4.59. The molecule has 0 saturated heterocycles. The molecule has 0 aromatic carbocycles. The predicted octanol–water partition coefficient (Wildman–Crippen LogP) is 3.60. The Hall–Kier alpha value is -2.34. The van der Waals surface area contributed by atoms with Crippen LogP contribution >= 0.6 is 11.3 Å². The van der Waals surface area contributed by atoms with Gasteiger partial charge in [0, 0.05) is 11.1 Å². The van der Waals surface area contributed by atoms with Crippen LogP contribution in [0.5, 0.6) is 0 Å². The molecule has 3 aromatic rings. The molecule has 0 unspecified atom stereocenters. The number of hydrogen-bond donors (Lipinski definition) is 2. The monoisotopic (exact) mass is 329 g/mol. The molecule has 23 heavy (non-hydrogen) atoms. The molecule has 3 N–H and O–H groups in total. The summed E-state index contributed by atoms with van der Waals surface area (Å²) in [7, 11) is 0. The lowest BCUT2D eigenvalue weighted by Crippen LogP contribution is -2.22. The smallest absolute Gasteiger partial charge is 0.263 e. The molecule has 120 valence electrons. The first-order chi connectivity index (χ1) is 11.0. The van der Waals surface area contributed by atoms with Crippen molar-refractivity contribution in [2.45, 2.75) is 26.8 Å². The molecule has 0 spiro atoms. The highest BCUT2D eigenvalue weighted by Gasteiger charge is 2.17. The summed E-state index contributed by atoms with van der Waals surface area (Å²) in [6.45, 7) is 4.65. The Morgan fingerprint density at radius 1 is 1.39 bits per heavy atom. The van der Waals surface area contributed by atoms with Gasteiger partial charge >= 0.3 is 0 Å². The van der Waals surface area contributed by atoms with Gasteiger partial charge in [0.25, 0.3) is 5.91 Å². The summed E-state index contributed by atoms with van der Waals surface area (Å²) in [6, 6.07) is 7.54. The number of anilines is 1. The third kappa shape index (κ3) is 3.37. The average molecular weight is 329 g/mol. The predicted molar refractivity (Wildman–Crippen MR) is 92.5 cm³/mol. The van der Waals surface area contributed by atoms with E-state index in [2.05, 4.69) is 24.1 Å². The molecular formula is C17H19N3O2S. The molecular weight excluding hydrogens is 310 g/mol. The number of aromatic nitrogens is 1. The van der Waals surface area contributed by atoms with Crippen LogP contribution in [-0.4, -0.2) is 10.9 Å². The molecule has 3 heterocycles. The van der Waals surface area contributed by atoms with Crippen molar-refractivity contribution in [1.82, 2.24) is 10.3 Å². The van der Waals surface area contributed by atoms with Gasteiger partial charge in [-0.1, -0.05) is 13.8 Å². The number of nitrogen functional groups attached to an aromatic ring is 1. The number of nitrogens with one attached hydrogen (secondary N) is 1. The number of nitrogens with two attached hydrogens (primary N) is 1. The minimum absolute atomic E-state index is 0.202. The lowest BCUT2D eigenvalue weighted by atomic mass is 10.1. The molecule has 0 aliphatic rings. The van der Waals surface area contributed by atoms with Crippen LogP contribution < -0.4 is 11.1 Å². The van der Waals surface area contributed by atoms with Crippen LogP contribution in [0.1, 0.15) is 35.0 Å². The van der Waals surface area contributed by atoms with E-state index in [1.807, 2.05) is 18.2 Å². The lowest BCUT2D eigenvalue weighted by Gasteiger charge is -2.03. The summed E-state index contributed by atoms with van der Waals surface area (Å²) in [5.74, 6) is 1.04. The van der Waals surface area contributed by atoms with Gasteiger partial charge in [0.2, 0.25) is 0 Å². The zero-order valence-electron chi connectivity index (χ0n) is 13.1. The summed E-state index contributed by atoms with van der Waals surface area (Å²) >= 11 is 1.33. The Bertz CT molecular complexity index is 822. The number of nitrogens with zero attached hydrogens (tertiary/aromatic N) is 1. The maximum absolute atomic E-state index is 12.3. The normalized spacial score (nSPS) is 11.3. The van der Waals surface area contributed by atoms with Crippen molar-refractivity contribution in [3.8, 4) is 0 Å². The zero-order chi connectivity index (χ0) is 16.4. The standard InChI is InChI=1S/C17H19N3O2S/c1-10(2)8-11-5-6-13-14(18)15(23-17(13)20-11)16(21)19-9-12-4-3-7-22-12/h3-7,10H,8-9,18H2,1-2H3,(H,19,21). The quantitative estimate of drug-likeness (QED) is 0.749. The van der Waals surface area contributed by atoms with E-state index in [4.69, 9.17) is 10.2 Å². The fourth-order valence-electron chi connectivity index (χ4n) is 2.40. The molecule has 0 bridgehead atoms. The van der Waals surface area contributed by atoms with E-state index in [9.17, 15) is 4.79 Å². The van der Waals surface area contributed by atoms with Gasteiger partial charge in [-0.05, 0) is 36.6 Å². The fourth-order valence-corrected chi connectivity index (χ4v) is 3.43. The number of carbonyl (C=O) groups is 1. The van der Waals surface area contributed by atoms with Crippen LogP contribution in [0.15, 0.2) is 34.9 Å². The largest absolute Gasteiger partial charge is 0.467 e. The minimum Gasteiger partial charge on any atom is -0.467 e. The van der Waals surface area contributed by atoms with Crippen molar-refractivity contribution < 1.29 is 9.21 Å². The number of furan rings is 1. The van der Waals surface area contributed by atoms with Crippen molar-refractivity contribution in [1.29, 1.82) is 0 Å². The van der Waals surface area contributed by atoms with E-state index < -0.39 is 0 Å². The summed E-state index contributed by atoms with van der Waals surface area (Å²) in [6.07, 6.45) is 2.49. The topological polar surface area (TPSA) is 81.2 Å². The van der Waals surface area contributed by atoms with Gasteiger partial charge in [-0.3, -0.25) is 4.79 Å². The Balaban J connectivity index is 1.82. The second-order valence-electron chi connectivity index (χ2n) is 5.86. The Morgan fingerprint density at radius 3 is 2.91 bits per heavy atom. The highest BCUT2D eigenvalue weighted by Crippen LogP contribution is 2.32. The molecule has 0 saturated carbocycles. The van der Waals surface area contributed by atoms with Crippen LogP contribution in [0.3, 0.4) is 0 Å². The number of thiophene rings is 1. The first-order valence-corrected chi connectivity index (χ1v) is 8.34. The molecule has 0 radical (unpaired) electrons. The van der Waals surface area contributed by atoms with Crippen LogP contribution in [0.4, 0.5) is 5.69 Å². The van der Waals surface area contributed by atoms with E-state index in [1.165, 1.54) is 11.3 Å². The number of fused-ring (bicyclic) bond motifs is 1. The first kappa shape index (κ1) is 15.6. The van der Waals surface area contributed by atoms with Crippen molar-refractivity contribution in [3.05, 3.63) is 46.9 Å². The molecule has 0 atom stereocenters. The molecule has 5 nitrogen and oxygen atoms in total. The van der Waals surface area contributed by atoms with Gasteiger partial charge in [0.05, 0.1) is 18.5 Å². The summed E-state index contributed by atoms with van der Waals surface area (Å²) in [5, 5.41) is 3.66. The lowest BCUT2D eigenvalue weighted by molar-refractivity contribution is 0.0953. The number of hydrogen-bond acceptors (Lipinski definition) is 5. The minimum atomic E-state index is -0.202. The second-order valence-corrected chi connectivity index (χ2v) is 6.86. The fraction of sp³-hybridized carbons (Fsp3) is 0.294. The number of carbonyl (C=O) groups excluding carboxylic acids is 1. The summed E-state index contributed by atoms with van der Waals surface area (Å²) in [5.41, 5.74) is 7.64. The molecule has 1 amide bonds. The second kappa shape index (κ2) is 6.42. The van der Waals surface area contributed by atoms with E-state index >= 15 is 0 Å². The van der Waals surface area contributed by atoms with Gasteiger partial charge in [0.1, 0.15) is 15.5 Å². The van der Waals surface area contributed by atoms with Crippen molar-refractivity contribution >= 4 is 33.1 Å². The Kier molecular flexibility index (Phi) is 4.34. The number of amides is 1. The molecule has 0 aliphatic heterocycles. The highest BCUT2D eigenvalue weighted by atomic mass is 32.1. The number of pyridine rings is 1. The molecule has 3 rings (SSSR count). The van der Waals surface area contributed by atoms with Gasteiger partial charge < -0.3 is 15.5 Å². The van der Waals surface area contributed by atoms with Crippen molar-refractivity contribution in [3.63, 3.8) is 0 Å². The highest BCUT2D eigenvalue weighted by molar-refractivity contribution is 7.21. The number of rotatable bonds is 5. The van der Waals surface area contributed by atoms with Crippen LogP contribution in [-0.2, 0) is 13.0 Å². The van der Waals surface area contributed by atoms with Gasteiger partial charge in [-0.15, -0.1) is 11.3 Å². The van der Waals surface area contributed by atoms with Crippen LogP contribution in [0.2, 0.25) is 0 Å². The molecule has 6 heteroatoms. The first-order valence-electron chi connectivity index (χ1n) is 7.53. The SMILES string of the molecule is CC(C)Cc1ccc2c(N)c(C(=O)NCc3ccco3)sc2n1. The zero-order valence-corrected chi connectivity index (χ0v) is 13.9. The molecule has 3 aromatic heterocycles. The van der Waals surface area contributed by atoms with Crippen molar-refractivity contribution in [2.75, 3.05) is 5.73 Å². The van der Waals surface area contributed by atoms with E-state index in [0.29, 0.717) is 28.8 Å². The summed E-state index contributed by atoms with van der Waals surface area (Å²) < 4.78 is 5.21. The Morgan fingerprint density at radius 2 is 2.22 bits per heavy atom. The van der Waals surface area contributed by atoms with Gasteiger partial charge in [0.15, 0.2) is 0 Å². The Labute approximate surface area is 138 Å². The van der Waals surface area contributed by atoms with Crippen LogP contribution in [0.25, 0.3) is 10.2 Å². The van der Waals surface area contributed by atoms with Gasteiger partial charge in [-0.2, -0.15) is 0 Å². The maximum Gasteiger partial charge on any atom is 0.263 e. The van der Waals surface area contributed by atoms with E-state index in [0.717, 1.165) is 22.3 Å². The van der Waals surface area contributed by atoms with E-state index in [1.54, 1.807) is 12.3 Å². The summed E-state index contributed by atoms with van der Waals surface area (Å²) in [4.78, 5) is 18.3. The molecule has 0 fully saturated rings. The van der Waals surface area contributed by atoms with Crippen LogP contribution in [0, 0.1) is 5.92 Å². The van der Waals surface area contributed by atoms with Gasteiger partial charge in [-0.25, -0.2) is 4.98 Å². The third-order valence-electron chi connectivity index (χ3n) is 3.48.